The predicted molar refractivity (Wildman–Crippen MR) is 71.3 cm³/mol. The number of hydrogen-bond donors (Lipinski definition) is 1. The van der Waals surface area contributed by atoms with E-state index in [0.717, 1.165) is 32.5 Å². The van der Waals surface area contributed by atoms with Crippen LogP contribution in [-0.2, 0) is 0 Å². The van der Waals surface area contributed by atoms with Crippen LogP contribution in [0, 0.1) is 0 Å². The smallest absolute Gasteiger partial charge is 0.0901 e. The number of nitrogens with two attached hydrogens (primary N) is 1. The van der Waals surface area contributed by atoms with E-state index in [1.807, 2.05) is 0 Å². The van der Waals surface area contributed by atoms with Crippen molar-refractivity contribution in [1.82, 2.24) is 9.80 Å². The molecular weight excluding hydrogens is 206 g/mol. The molecule has 1 atom stereocenters. The zero-order chi connectivity index (χ0) is 11.8. The molecule has 0 amide bonds. The lowest BCUT2D eigenvalue weighted by molar-refractivity contribution is 0.213. The molecular formula is C11H25N3S. The molecule has 0 bridgehead atoms. The van der Waals surface area contributed by atoms with E-state index in [9.17, 15) is 0 Å². The summed E-state index contributed by atoms with van der Waals surface area (Å²) in [6.45, 7) is 7.50. The Morgan fingerprint density at radius 3 is 2.13 bits per heavy atom. The van der Waals surface area contributed by atoms with Gasteiger partial charge >= 0.3 is 0 Å². The lowest BCUT2D eigenvalue weighted by atomic mass is 10.2. The number of thiocarbonyl (C=S) groups is 1. The summed E-state index contributed by atoms with van der Waals surface area (Å²) < 4.78 is 0. The molecule has 0 aliphatic heterocycles. The van der Waals surface area contributed by atoms with Crippen LogP contribution in [0.4, 0.5) is 0 Å². The second-order valence-electron chi connectivity index (χ2n) is 4.17. The molecule has 0 heterocycles. The second kappa shape index (κ2) is 8.02. The zero-order valence-corrected chi connectivity index (χ0v) is 11.3. The van der Waals surface area contributed by atoms with Crippen molar-refractivity contribution < 1.29 is 0 Å². The molecule has 4 heteroatoms. The molecule has 1 unspecified atom stereocenters. The number of nitrogens with zero attached hydrogens (tertiary/aromatic N) is 2. The van der Waals surface area contributed by atoms with Crippen molar-refractivity contribution >= 4 is 17.2 Å². The minimum absolute atomic E-state index is 0.264. The Bertz CT molecular complexity index is 183. The Balaban J connectivity index is 4.27. The molecule has 0 aliphatic rings. The normalized spacial score (nSPS) is 13.5. The van der Waals surface area contributed by atoms with Crippen LogP contribution in [0.2, 0.25) is 0 Å². The van der Waals surface area contributed by atoms with Crippen molar-refractivity contribution in [2.24, 2.45) is 5.73 Å². The standard InChI is InChI=1S/C11H25N3S/c1-5-7-14(9-8-13(3)4)10(6-2)11(12)15/h10H,5-9H2,1-4H3,(H2,12,15). The Hall–Kier alpha value is -0.190. The topological polar surface area (TPSA) is 32.5 Å². The Labute approximate surface area is 99.6 Å². The minimum atomic E-state index is 0.264. The third kappa shape index (κ3) is 6.07. The number of rotatable bonds is 8. The zero-order valence-electron chi connectivity index (χ0n) is 10.5. The van der Waals surface area contributed by atoms with Gasteiger partial charge in [0, 0.05) is 13.1 Å². The highest BCUT2D eigenvalue weighted by Crippen LogP contribution is 2.05. The summed E-state index contributed by atoms with van der Waals surface area (Å²) in [6.07, 6.45) is 2.15. The number of hydrogen-bond acceptors (Lipinski definition) is 3. The van der Waals surface area contributed by atoms with Gasteiger partial charge in [-0.1, -0.05) is 26.1 Å². The van der Waals surface area contributed by atoms with Crippen LogP contribution >= 0.6 is 12.2 Å². The largest absolute Gasteiger partial charge is 0.392 e. The van der Waals surface area contributed by atoms with E-state index in [2.05, 4.69) is 37.7 Å². The average molecular weight is 231 g/mol. The van der Waals surface area contributed by atoms with Crippen molar-refractivity contribution in [1.29, 1.82) is 0 Å². The van der Waals surface area contributed by atoms with E-state index < -0.39 is 0 Å². The fraction of sp³-hybridized carbons (Fsp3) is 0.909. The summed E-state index contributed by atoms with van der Waals surface area (Å²) in [5.41, 5.74) is 5.76. The minimum Gasteiger partial charge on any atom is -0.392 e. The van der Waals surface area contributed by atoms with Crippen LogP contribution in [0.3, 0.4) is 0 Å². The van der Waals surface area contributed by atoms with Crippen molar-refractivity contribution in [3.63, 3.8) is 0 Å². The summed E-state index contributed by atoms with van der Waals surface area (Å²) in [6, 6.07) is 0.264. The summed E-state index contributed by atoms with van der Waals surface area (Å²) >= 11 is 5.11. The maximum absolute atomic E-state index is 5.76. The number of likely N-dealkylation sites (N-methyl/N-ethyl adjacent to an activating group) is 1. The fourth-order valence-electron chi connectivity index (χ4n) is 1.68. The average Bonchev–Trinajstić information content (AvgIpc) is 2.14. The molecule has 90 valence electrons. The maximum atomic E-state index is 5.76. The van der Waals surface area contributed by atoms with Crippen molar-refractivity contribution in [3.8, 4) is 0 Å². The van der Waals surface area contributed by atoms with Gasteiger partial charge in [-0.25, -0.2) is 0 Å². The molecule has 15 heavy (non-hydrogen) atoms. The SMILES string of the molecule is CCCN(CCN(C)C)C(CC)C(N)=S. The lowest BCUT2D eigenvalue weighted by Crippen LogP contribution is -2.46. The van der Waals surface area contributed by atoms with Crippen LogP contribution in [0.15, 0.2) is 0 Å². The summed E-state index contributed by atoms with van der Waals surface area (Å²) in [7, 11) is 4.18. The van der Waals surface area contributed by atoms with E-state index in [-0.39, 0.29) is 6.04 Å². The van der Waals surface area contributed by atoms with Gasteiger partial charge in [-0.05, 0) is 33.5 Å². The van der Waals surface area contributed by atoms with E-state index in [0.29, 0.717) is 4.99 Å². The molecule has 0 fully saturated rings. The van der Waals surface area contributed by atoms with Gasteiger partial charge in [0.1, 0.15) is 0 Å². The first-order chi connectivity index (χ1) is 7.02. The van der Waals surface area contributed by atoms with Crippen LogP contribution in [0.5, 0.6) is 0 Å². The molecule has 0 saturated heterocycles. The molecule has 0 aromatic carbocycles. The van der Waals surface area contributed by atoms with Gasteiger partial charge < -0.3 is 10.6 Å². The van der Waals surface area contributed by atoms with E-state index in [1.165, 1.54) is 0 Å². The summed E-state index contributed by atoms with van der Waals surface area (Å²) in [4.78, 5) is 5.21. The van der Waals surface area contributed by atoms with E-state index >= 15 is 0 Å². The van der Waals surface area contributed by atoms with E-state index in [4.69, 9.17) is 18.0 Å². The molecule has 0 aliphatic carbocycles. The fourth-order valence-corrected chi connectivity index (χ4v) is 1.99. The van der Waals surface area contributed by atoms with Crippen molar-refractivity contribution in [2.45, 2.75) is 32.7 Å². The summed E-state index contributed by atoms with van der Waals surface area (Å²) in [5, 5.41) is 0. The maximum Gasteiger partial charge on any atom is 0.0901 e. The van der Waals surface area contributed by atoms with E-state index in [1.54, 1.807) is 0 Å². The monoisotopic (exact) mass is 231 g/mol. The molecule has 0 radical (unpaired) electrons. The Kier molecular flexibility index (Phi) is 7.92. The van der Waals surface area contributed by atoms with Gasteiger partial charge in [-0.15, -0.1) is 0 Å². The highest BCUT2D eigenvalue weighted by Gasteiger charge is 2.18. The van der Waals surface area contributed by atoms with Gasteiger partial charge in [0.25, 0.3) is 0 Å². The third-order valence-corrected chi connectivity index (χ3v) is 2.77. The molecule has 0 rings (SSSR count). The third-order valence-electron chi connectivity index (χ3n) is 2.50. The molecule has 3 nitrogen and oxygen atoms in total. The first-order valence-electron chi connectivity index (χ1n) is 5.71. The molecule has 0 spiro atoms. The Morgan fingerprint density at radius 2 is 1.80 bits per heavy atom. The first kappa shape index (κ1) is 14.8. The second-order valence-corrected chi connectivity index (χ2v) is 4.64. The molecule has 2 N–H and O–H groups in total. The highest BCUT2D eigenvalue weighted by atomic mass is 32.1. The van der Waals surface area contributed by atoms with Gasteiger partial charge in [0.15, 0.2) is 0 Å². The molecule has 0 saturated carbocycles. The quantitative estimate of drug-likeness (QED) is 0.639. The van der Waals surface area contributed by atoms with Crippen LogP contribution in [0.25, 0.3) is 0 Å². The van der Waals surface area contributed by atoms with Gasteiger partial charge in [0.05, 0.1) is 11.0 Å². The van der Waals surface area contributed by atoms with Crippen LogP contribution < -0.4 is 5.73 Å². The molecule has 0 aromatic rings. The van der Waals surface area contributed by atoms with Crippen molar-refractivity contribution in [2.75, 3.05) is 33.7 Å². The van der Waals surface area contributed by atoms with Crippen LogP contribution in [-0.4, -0.2) is 54.6 Å². The van der Waals surface area contributed by atoms with Crippen molar-refractivity contribution in [3.05, 3.63) is 0 Å². The molecule has 0 aromatic heterocycles. The highest BCUT2D eigenvalue weighted by molar-refractivity contribution is 7.80. The first-order valence-corrected chi connectivity index (χ1v) is 6.11. The van der Waals surface area contributed by atoms with Crippen LogP contribution in [0.1, 0.15) is 26.7 Å². The predicted octanol–water partition coefficient (Wildman–Crippen LogP) is 1.32. The van der Waals surface area contributed by atoms with Gasteiger partial charge in [-0.3, -0.25) is 4.90 Å². The van der Waals surface area contributed by atoms with Gasteiger partial charge in [0.2, 0.25) is 0 Å². The lowest BCUT2D eigenvalue weighted by Gasteiger charge is -2.30. The Morgan fingerprint density at radius 1 is 1.20 bits per heavy atom. The van der Waals surface area contributed by atoms with Gasteiger partial charge in [-0.2, -0.15) is 0 Å². The summed E-state index contributed by atoms with van der Waals surface area (Å²) in [5.74, 6) is 0.